The van der Waals surface area contributed by atoms with Gasteiger partial charge in [0.25, 0.3) is 0 Å². The normalized spacial score (nSPS) is 10.4. The van der Waals surface area contributed by atoms with E-state index >= 15 is 0 Å². The smallest absolute Gasteiger partial charge is 0.228 e. The van der Waals surface area contributed by atoms with Crippen LogP contribution in [0.4, 0.5) is 14.5 Å². The summed E-state index contributed by atoms with van der Waals surface area (Å²) in [7, 11) is 0. The predicted molar refractivity (Wildman–Crippen MR) is 90.6 cm³/mol. The van der Waals surface area contributed by atoms with Crippen molar-refractivity contribution in [2.24, 2.45) is 0 Å². The van der Waals surface area contributed by atoms with Crippen LogP contribution in [-0.2, 0) is 11.2 Å². The van der Waals surface area contributed by atoms with Gasteiger partial charge in [-0.3, -0.25) is 4.79 Å². The summed E-state index contributed by atoms with van der Waals surface area (Å²) in [6.07, 6.45) is 0.0164. The molecule has 120 valence electrons. The molecule has 0 saturated carbocycles. The largest absolute Gasteiger partial charge is 0.326 e. The summed E-state index contributed by atoms with van der Waals surface area (Å²) in [5, 5.41) is 2.60. The monoisotopic (exact) mass is 323 g/mol. The number of hydrogen-bond donors (Lipinski definition) is 1. The fourth-order valence-electron chi connectivity index (χ4n) is 2.48. The van der Waals surface area contributed by atoms with Crippen LogP contribution in [0.15, 0.2) is 72.8 Å². The highest BCUT2D eigenvalue weighted by molar-refractivity contribution is 5.92. The van der Waals surface area contributed by atoms with E-state index in [1.54, 1.807) is 18.2 Å². The van der Waals surface area contributed by atoms with Gasteiger partial charge in [-0.1, -0.05) is 48.5 Å². The lowest BCUT2D eigenvalue weighted by molar-refractivity contribution is -0.115. The summed E-state index contributed by atoms with van der Waals surface area (Å²) in [6, 6.07) is 19.6. The van der Waals surface area contributed by atoms with E-state index in [0.717, 1.165) is 5.56 Å². The zero-order chi connectivity index (χ0) is 16.9. The molecular formula is C20H15F2NO. The molecule has 0 bridgehead atoms. The van der Waals surface area contributed by atoms with Gasteiger partial charge >= 0.3 is 0 Å². The Balaban J connectivity index is 1.72. The maximum absolute atomic E-state index is 14.3. The van der Waals surface area contributed by atoms with E-state index in [9.17, 15) is 13.6 Å². The first-order chi connectivity index (χ1) is 11.6. The van der Waals surface area contributed by atoms with Crippen molar-refractivity contribution >= 4 is 11.6 Å². The summed E-state index contributed by atoms with van der Waals surface area (Å²) >= 11 is 0. The van der Waals surface area contributed by atoms with E-state index in [-0.39, 0.29) is 18.1 Å². The molecule has 0 saturated heterocycles. The minimum atomic E-state index is -0.425. The van der Waals surface area contributed by atoms with Gasteiger partial charge in [0.2, 0.25) is 5.91 Å². The van der Waals surface area contributed by atoms with E-state index in [1.807, 2.05) is 30.3 Å². The second-order valence-corrected chi connectivity index (χ2v) is 5.42. The van der Waals surface area contributed by atoms with Gasteiger partial charge in [0.1, 0.15) is 11.6 Å². The molecule has 0 aliphatic rings. The Labute approximate surface area is 138 Å². The van der Waals surface area contributed by atoms with E-state index in [4.69, 9.17) is 0 Å². The van der Waals surface area contributed by atoms with Gasteiger partial charge in [-0.15, -0.1) is 0 Å². The van der Waals surface area contributed by atoms with Crippen LogP contribution in [-0.4, -0.2) is 5.91 Å². The van der Waals surface area contributed by atoms with Gasteiger partial charge in [-0.05, 0) is 35.4 Å². The molecule has 1 N–H and O–H groups in total. The van der Waals surface area contributed by atoms with Crippen molar-refractivity contribution in [2.45, 2.75) is 6.42 Å². The van der Waals surface area contributed by atoms with Crippen LogP contribution in [0.2, 0.25) is 0 Å². The number of nitrogens with one attached hydrogen (secondary N) is 1. The quantitative estimate of drug-likeness (QED) is 0.733. The zero-order valence-electron chi connectivity index (χ0n) is 12.8. The molecule has 0 unspecified atom stereocenters. The van der Waals surface area contributed by atoms with Crippen molar-refractivity contribution in [3.8, 4) is 11.1 Å². The third-order valence-electron chi connectivity index (χ3n) is 3.59. The average molecular weight is 323 g/mol. The molecule has 0 heterocycles. The van der Waals surface area contributed by atoms with Crippen molar-refractivity contribution in [1.82, 2.24) is 0 Å². The number of anilines is 1. The summed E-state index contributed by atoms with van der Waals surface area (Å²) in [6.45, 7) is 0. The van der Waals surface area contributed by atoms with Crippen LogP contribution in [0.25, 0.3) is 11.1 Å². The van der Waals surface area contributed by atoms with Crippen LogP contribution in [0.5, 0.6) is 0 Å². The van der Waals surface area contributed by atoms with Crippen LogP contribution >= 0.6 is 0 Å². The third-order valence-corrected chi connectivity index (χ3v) is 3.59. The van der Waals surface area contributed by atoms with E-state index in [1.165, 1.54) is 24.3 Å². The number of benzene rings is 3. The van der Waals surface area contributed by atoms with Gasteiger partial charge in [0.15, 0.2) is 0 Å². The number of carbonyl (C=O) groups is 1. The predicted octanol–water partition coefficient (Wildman–Crippen LogP) is 4.81. The molecule has 4 heteroatoms. The van der Waals surface area contributed by atoms with Crippen molar-refractivity contribution in [3.05, 3.63) is 90.0 Å². The second-order valence-electron chi connectivity index (χ2n) is 5.42. The fraction of sp³-hybridized carbons (Fsp3) is 0.0500. The lowest BCUT2D eigenvalue weighted by Gasteiger charge is -2.08. The number of hydrogen-bond acceptors (Lipinski definition) is 1. The summed E-state index contributed by atoms with van der Waals surface area (Å²) < 4.78 is 27.4. The Kier molecular flexibility index (Phi) is 4.66. The molecule has 0 atom stereocenters. The minimum absolute atomic E-state index is 0.0164. The van der Waals surface area contributed by atoms with Crippen LogP contribution < -0.4 is 5.32 Å². The molecule has 0 aromatic heterocycles. The molecule has 0 fully saturated rings. The summed E-state index contributed by atoms with van der Waals surface area (Å²) in [5.74, 6) is -1.13. The topological polar surface area (TPSA) is 29.1 Å². The first-order valence-electron chi connectivity index (χ1n) is 7.51. The van der Waals surface area contributed by atoms with Gasteiger partial charge in [-0.25, -0.2) is 8.78 Å². The Morgan fingerprint density at radius 2 is 1.67 bits per heavy atom. The lowest BCUT2D eigenvalue weighted by atomic mass is 10.0. The third kappa shape index (κ3) is 3.84. The molecule has 24 heavy (non-hydrogen) atoms. The Bertz CT molecular complexity index is 863. The standard InChI is InChI=1S/C20H15F2NO/c21-16-7-4-8-17(13-16)23-20(24)12-14-9-10-18(19(22)11-14)15-5-2-1-3-6-15/h1-11,13H,12H2,(H,23,24). The summed E-state index contributed by atoms with van der Waals surface area (Å²) in [4.78, 5) is 12.0. The fourth-order valence-corrected chi connectivity index (χ4v) is 2.48. The van der Waals surface area contributed by atoms with Gasteiger partial charge in [0.05, 0.1) is 6.42 Å². The molecular weight excluding hydrogens is 308 g/mol. The molecule has 3 rings (SSSR count). The van der Waals surface area contributed by atoms with Crippen molar-refractivity contribution in [3.63, 3.8) is 0 Å². The first-order valence-corrected chi connectivity index (χ1v) is 7.51. The SMILES string of the molecule is O=C(Cc1ccc(-c2ccccc2)c(F)c1)Nc1cccc(F)c1. The molecule has 2 nitrogen and oxygen atoms in total. The van der Waals surface area contributed by atoms with Crippen LogP contribution in [0.3, 0.4) is 0 Å². The van der Waals surface area contributed by atoms with Gasteiger partial charge < -0.3 is 5.32 Å². The van der Waals surface area contributed by atoms with Gasteiger partial charge in [0, 0.05) is 11.3 Å². The number of carbonyl (C=O) groups excluding carboxylic acids is 1. The van der Waals surface area contributed by atoms with Crippen molar-refractivity contribution in [1.29, 1.82) is 0 Å². The molecule has 3 aromatic rings. The Morgan fingerprint density at radius 1 is 0.875 bits per heavy atom. The number of amides is 1. The maximum atomic E-state index is 14.3. The molecule has 0 radical (unpaired) electrons. The Morgan fingerprint density at radius 3 is 2.38 bits per heavy atom. The van der Waals surface area contributed by atoms with Crippen molar-refractivity contribution < 1.29 is 13.6 Å². The zero-order valence-corrected chi connectivity index (χ0v) is 12.8. The minimum Gasteiger partial charge on any atom is -0.326 e. The van der Waals surface area contributed by atoms with Crippen molar-refractivity contribution in [2.75, 3.05) is 5.32 Å². The summed E-state index contributed by atoms with van der Waals surface area (Å²) in [5.41, 5.74) is 2.21. The van der Waals surface area contributed by atoms with E-state index < -0.39 is 5.82 Å². The molecule has 0 aliphatic carbocycles. The van der Waals surface area contributed by atoms with Crippen LogP contribution in [0, 0.1) is 11.6 Å². The second kappa shape index (κ2) is 7.04. The average Bonchev–Trinajstić information content (AvgIpc) is 2.55. The number of rotatable bonds is 4. The van der Waals surface area contributed by atoms with E-state index in [2.05, 4.69) is 5.32 Å². The van der Waals surface area contributed by atoms with E-state index in [0.29, 0.717) is 16.8 Å². The molecule has 3 aromatic carbocycles. The van der Waals surface area contributed by atoms with Crippen LogP contribution in [0.1, 0.15) is 5.56 Å². The highest BCUT2D eigenvalue weighted by Gasteiger charge is 2.09. The molecule has 1 amide bonds. The highest BCUT2D eigenvalue weighted by atomic mass is 19.1. The highest BCUT2D eigenvalue weighted by Crippen LogP contribution is 2.23. The Hall–Kier alpha value is -3.01. The maximum Gasteiger partial charge on any atom is 0.228 e. The lowest BCUT2D eigenvalue weighted by Crippen LogP contribution is -2.14. The molecule has 0 spiro atoms. The first kappa shape index (κ1) is 15.9. The molecule has 0 aliphatic heterocycles. The van der Waals surface area contributed by atoms with Gasteiger partial charge in [-0.2, -0.15) is 0 Å². The number of halogens is 2.